The maximum atomic E-state index is 13.1. The number of benzene rings is 1. The van der Waals surface area contributed by atoms with Crippen LogP contribution in [0.2, 0.25) is 0 Å². The molecule has 0 unspecified atom stereocenters. The van der Waals surface area contributed by atoms with Gasteiger partial charge in [0.1, 0.15) is 10.7 Å². The second-order valence-corrected chi connectivity index (χ2v) is 7.82. The Morgan fingerprint density at radius 3 is 2.32 bits per heavy atom. The number of aromatic nitrogens is 2. The monoisotopic (exact) mass is 354 g/mol. The molecule has 7 heteroatoms. The summed E-state index contributed by atoms with van der Waals surface area (Å²) in [6.45, 7) is 2.10. The number of para-hydroxylation sites is 1. The molecular formula is C18H18N4O2S. The van der Waals surface area contributed by atoms with Crippen LogP contribution in [0, 0.1) is 0 Å². The molecule has 25 heavy (non-hydrogen) atoms. The number of nitrogens with zero attached hydrogens (tertiary/aromatic N) is 4. The maximum Gasteiger partial charge on any atom is 0.245 e. The topological polar surface area (TPSA) is 66.4 Å². The average Bonchev–Trinajstić information content (AvgIpc) is 2.68. The lowest BCUT2D eigenvalue weighted by Gasteiger charge is -2.34. The number of pyridine rings is 2. The molecule has 6 nitrogen and oxygen atoms in total. The molecule has 0 amide bonds. The molecule has 0 saturated carbocycles. The first-order valence-electron chi connectivity index (χ1n) is 8.16. The van der Waals surface area contributed by atoms with Crippen molar-refractivity contribution in [2.45, 2.75) is 4.90 Å². The van der Waals surface area contributed by atoms with Gasteiger partial charge < -0.3 is 4.90 Å². The Balaban J connectivity index is 1.60. The second kappa shape index (κ2) is 6.42. The number of hydrogen-bond acceptors (Lipinski definition) is 5. The van der Waals surface area contributed by atoms with Crippen LogP contribution in [0.25, 0.3) is 10.9 Å². The van der Waals surface area contributed by atoms with E-state index in [1.807, 2.05) is 36.4 Å². The third-order valence-corrected chi connectivity index (χ3v) is 6.36. The van der Waals surface area contributed by atoms with Gasteiger partial charge in [0.05, 0.1) is 5.52 Å². The summed E-state index contributed by atoms with van der Waals surface area (Å²) in [6.07, 6.45) is 3.38. The Labute approximate surface area is 146 Å². The Morgan fingerprint density at radius 2 is 1.56 bits per heavy atom. The highest BCUT2D eigenvalue weighted by Crippen LogP contribution is 2.25. The standard InChI is InChI=1S/C18H18N4O2S/c23-25(24,16-7-3-5-15-6-4-10-20-18(15)16)22-13-11-21(12-14-22)17-8-1-2-9-19-17/h1-10H,11-14H2. The Hall–Kier alpha value is -2.51. The molecule has 2 aromatic heterocycles. The third-order valence-electron chi connectivity index (χ3n) is 4.43. The van der Waals surface area contributed by atoms with Crippen molar-refractivity contribution in [2.75, 3.05) is 31.1 Å². The molecule has 4 rings (SSSR count). The van der Waals surface area contributed by atoms with Gasteiger partial charge in [0, 0.05) is 44.0 Å². The van der Waals surface area contributed by atoms with Crippen molar-refractivity contribution in [3.63, 3.8) is 0 Å². The molecule has 1 aliphatic rings. The van der Waals surface area contributed by atoms with Gasteiger partial charge in [-0.3, -0.25) is 4.98 Å². The normalized spacial score (nSPS) is 16.2. The van der Waals surface area contributed by atoms with Gasteiger partial charge in [0.25, 0.3) is 0 Å². The van der Waals surface area contributed by atoms with E-state index in [-0.39, 0.29) is 4.90 Å². The van der Waals surface area contributed by atoms with Crippen LogP contribution in [0.1, 0.15) is 0 Å². The summed E-state index contributed by atoms with van der Waals surface area (Å²) >= 11 is 0. The van der Waals surface area contributed by atoms with Crippen molar-refractivity contribution < 1.29 is 8.42 Å². The molecule has 3 heterocycles. The van der Waals surface area contributed by atoms with Gasteiger partial charge >= 0.3 is 0 Å². The highest BCUT2D eigenvalue weighted by molar-refractivity contribution is 7.89. The molecular weight excluding hydrogens is 336 g/mol. The van der Waals surface area contributed by atoms with Crippen LogP contribution in [-0.2, 0) is 10.0 Å². The molecule has 1 fully saturated rings. The van der Waals surface area contributed by atoms with E-state index in [2.05, 4.69) is 14.9 Å². The Kier molecular flexibility index (Phi) is 4.10. The number of piperazine rings is 1. The van der Waals surface area contributed by atoms with Gasteiger partial charge in [-0.1, -0.05) is 24.3 Å². The Bertz CT molecular complexity index is 979. The van der Waals surface area contributed by atoms with Gasteiger partial charge in [-0.25, -0.2) is 13.4 Å². The van der Waals surface area contributed by atoms with Crippen molar-refractivity contribution in [1.29, 1.82) is 0 Å². The van der Waals surface area contributed by atoms with Crippen LogP contribution in [-0.4, -0.2) is 48.9 Å². The zero-order valence-corrected chi connectivity index (χ0v) is 14.4. The molecule has 0 N–H and O–H groups in total. The summed E-state index contributed by atoms with van der Waals surface area (Å²) in [5, 5.41) is 0.829. The zero-order chi connectivity index (χ0) is 17.3. The molecule has 1 aromatic carbocycles. The van der Waals surface area contributed by atoms with E-state index in [0.29, 0.717) is 31.7 Å². The van der Waals surface area contributed by atoms with Crippen molar-refractivity contribution in [3.8, 4) is 0 Å². The SMILES string of the molecule is O=S(=O)(c1cccc2cccnc12)N1CCN(c2ccccn2)CC1. The first-order chi connectivity index (χ1) is 12.2. The summed E-state index contributed by atoms with van der Waals surface area (Å²) in [7, 11) is -3.57. The lowest BCUT2D eigenvalue weighted by molar-refractivity contribution is 0.384. The van der Waals surface area contributed by atoms with Crippen LogP contribution in [0.3, 0.4) is 0 Å². The van der Waals surface area contributed by atoms with E-state index in [9.17, 15) is 8.42 Å². The minimum Gasteiger partial charge on any atom is -0.354 e. The highest BCUT2D eigenvalue weighted by atomic mass is 32.2. The van der Waals surface area contributed by atoms with Crippen molar-refractivity contribution >= 4 is 26.7 Å². The summed E-state index contributed by atoms with van der Waals surface area (Å²) in [5.41, 5.74) is 0.525. The molecule has 0 spiro atoms. The summed E-state index contributed by atoms with van der Waals surface area (Å²) in [5.74, 6) is 0.881. The van der Waals surface area contributed by atoms with Crippen LogP contribution in [0.5, 0.6) is 0 Å². The summed E-state index contributed by atoms with van der Waals surface area (Å²) in [6, 6.07) is 14.7. The predicted molar refractivity (Wildman–Crippen MR) is 97.0 cm³/mol. The van der Waals surface area contributed by atoms with Crippen LogP contribution in [0.4, 0.5) is 5.82 Å². The lowest BCUT2D eigenvalue weighted by Crippen LogP contribution is -2.48. The minimum absolute atomic E-state index is 0.275. The molecule has 128 valence electrons. The third kappa shape index (κ3) is 2.96. The first kappa shape index (κ1) is 16.0. The quantitative estimate of drug-likeness (QED) is 0.721. The summed E-state index contributed by atoms with van der Waals surface area (Å²) < 4.78 is 27.7. The molecule has 3 aromatic rings. The molecule has 0 aliphatic carbocycles. The number of rotatable bonds is 3. The van der Waals surface area contributed by atoms with E-state index < -0.39 is 10.0 Å². The van der Waals surface area contributed by atoms with E-state index in [1.165, 1.54) is 4.31 Å². The predicted octanol–water partition coefficient (Wildman–Crippen LogP) is 2.14. The number of hydrogen-bond donors (Lipinski definition) is 0. The second-order valence-electron chi connectivity index (χ2n) is 5.91. The van der Waals surface area contributed by atoms with Gasteiger partial charge in [-0.05, 0) is 24.3 Å². The van der Waals surface area contributed by atoms with Gasteiger partial charge in [-0.2, -0.15) is 4.31 Å². The zero-order valence-electron chi connectivity index (χ0n) is 13.6. The molecule has 0 bridgehead atoms. The molecule has 0 atom stereocenters. The fourth-order valence-electron chi connectivity index (χ4n) is 3.12. The highest BCUT2D eigenvalue weighted by Gasteiger charge is 2.30. The minimum atomic E-state index is -3.57. The van der Waals surface area contributed by atoms with E-state index in [0.717, 1.165) is 11.2 Å². The van der Waals surface area contributed by atoms with Gasteiger partial charge in [-0.15, -0.1) is 0 Å². The molecule has 1 aliphatic heterocycles. The van der Waals surface area contributed by atoms with Crippen molar-refractivity contribution in [2.24, 2.45) is 0 Å². The fourth-order valence-corrected chi connectivity index (χ4v) is 4.71. The smallest absolute Gasteiger partial charge is 0.245 e. The largest absolute Gasteiger partial charge is 0.354 e. The Morgan fingerprint density at radius 1 is 0.800 bits per heavy atom. The number of anilines is 1. The average molecular weight is 354 g/mol. The number of sulfonamides is 1. The van der Waals surface area contributed by atoms with Crippen LogP contribution >= 0.6 is 0 Å². The first-order valence-corrected chi connectivity index (χ1v) is 9.60. The molecule has 1 saturated heterocycles. The van der Waals surface area contributed by atoms with E-state index >= 15 is 0 Å². The van der Waals surface area contributed by atoms with Crippen LogP contribution < -0.4 is 4.90 Å². The van der Waals surface area contributed by atoms with Crippen molar-refractivity contribution in [1.82, 2.24) is 14.3 Å². The van der Waals surface area contributed by atoms with Crippen LogP contribution in [0.15, 0.2) is 65.8 Å². The fraction of sp³-hybridized carbons (Fsp3) is 0.222. The number of fused-ring (bicyclic) bond motifs is 1. The van der Waals surface area contributed by atoms with E-state index in [1.54, 1.807) is 24.5 Å². The molecule has 0 radical (unpaired) electrons. The van der Waals surface area contributed by atoms with Gasteiger partial charge in [0.2, 0.25) is 10.0 Å². The van der Waals surface area contributed by atoms with Gasteiger partial charge in [0.15, 0.2) is 0 Å². The summed E-state index contributed by atoms with van der Waals surface area (Å²) in [4.78, 5) is 11.0. The van der Waals surface area contributed by atoms with Crippen molar-refractivity contribution in [3.05, 3.63) is 60.9 Å². The van der Waals surface area contributed by atoms with E-state index in [4.69, 9.17) is 0 Å². The maximum absolute atomic E-state index is 13.1. The lowest BCUT2D eigenvalue weighted by atomic mass is 10.2.